The molecule has 3 saturated carbocycles. The predicted octanol–water partition coefficient (Wildman–Crippen LogP) is 3.84. The number of carbonyl (C=O) groups is 1. The van der Waals surface area contributed by atoms with E-state index in [0.29, 0.717) is 30.4 Å². The maximum absolute atomic E-state index is 12.6. The summed E-state index contributed by atoms with van der Waals surface area (Å²) in [6.45, 7) is 7.03. The minimum atomic E-state index is -1.00. The van der Waals surface area contributed by atoms with E-state index in [1.54, 1.807) is 13.2 Å². The third kappa shape index (κ3) is 3.44. The van der Waals surface area contributed by atoms with Gasteiger partial charge in [0.1, 0.15) is 20.2 Å². The summed E-state index contributed by atoms with van der Waals surface area (Å²) in [5, 5.41) is 19.6. The lowest BCUT2D eigenvalue weighted by Gasteiger charge is -2.63. The molecule has 0 aromatic carbocycles. The van der Waals surface area contributed by atoms with Gasteiger partial charge < -0.3 is 33.9 Å². The second-order valence-electron chi connectivity index (χ2n) is 11.9. The zero-order valence-electron chi connectivity index (χ0n) is 21.4. The van der Waals surface area contributed by atoms with Crippen molar-refractivity contribution in [2.45, 2.75) is 71.2 Å². The van der Waals surface area contributed by atoms with E-state index in [1.165, 1.54) is 5.57 Å². The van der Waals surface area contributed by atoms with Crippen LogP contribution in [-0.2, 0) is 28.5 Å². The Morgan fingerprint density at radius 1 is 1.26 bits per heavy atom. The molecule has 7 unspecified atom stereocenters. The average molecular weight is 493 g/mol. The molecule has 2 N–H and O–H groups in total. The number of rotatable bonds is 6. The van der Waals surface area contributed by atoms with Crippen molar-refractivity contribution in [3.8, 4) is 0 Å². The molecular weight excluding hydrogens is 452 g/mol. The van der Waals surface area contributed by atoms with E-state index in [9.17, 15) is 15.0 Å². The third-order valence-electron chi connectivity index (χ3n) is 10.8. The molecule has 8 atom stereocenters. The van der Waals surface area contributed by atoms with E-state index < -0.39 is 12.6 Å². The van der Waals surface area contributed by atoms with Crippen LogP contribution >= 0.6 is 0 Å². The fourth-order valence-electron chi connectivity index (χ4n) is 8.95. The summed E-state index contributed by atoms with van der Waals surface area (Å²) >= 11 is 0. The number of hydrogen-bond acceptors (Lipinski definition) is 8. The molecule has 4 aliphatic carbocycles. The number of aliphatic hydroxyl groups excluding tert-OH is 2. The van der Waals surface area contributed by atoms with Crippen LogP contribution in [0.25, 0.3) is 0 Å². The SMILES string of the molecule is COCOC1CC2(C)C(CC[C@]2(C)C2(OCO)COCO2)C2CCC3=CC(=O)/C(=C\O)CC3(C)C12. The number of ketones is 1. The van der Waals surface area contributed by atoms with Gasteiger partial charge in [0.05, 0.1) is 12.4 Å². The van der Waals surface area contributed by atoms with E-state index in [4.69, 9.17) is 23.7 Å². The van der Waals surface area contributed by atoms with Gasteiger partial charge in [0.2, 0.25) is 5.79 Å². The molecular formula is C27H40O8. The van der Waals surface area contributed by atoms with E-state index in [1.807, 2.05) is 0 Å². The topological polar surface area (TPSA) is 104 Å². The van der Waals surface area contributed by atoms with Gasteiger partial charge in [-0.2, -0.15) is 0 Å². The highest BCUT2D eigenvalue weighted by Gasteiger charge is 2.72. The second-order valence-corrected chi connectivity index (χ2v) is 11.9. The zero-order valence-corrected chi connectivity index (χ0v) is 21.4. The number of ether oxygens (including phenoxy) is 5. The van der Waals surface area contributed by atoms with Gasteiger partial charge in [0.15, 0.2) is 12.6 Å². The predicted molar refractivity (Wildman–Crippen MR) is 126 cm³/mol. The Balaban J connectivity index is 1.57. The van der Waals surface area contributed by atoms with Crippen molar-refractivity contribution in [2.24, 2.45) is 34.0 Å². The van der Waals surface area contributed by atoms with Crippen molar-refractivity contribution >= 4 is 5.78 Å². The molecule has 5 aliphatic rings. The molecule has 196 valence electrons. The van der Waals surface area contributed by atoms with Crippen LogP contribution in [0.4, 0.5) is 0 Å². The number of fused-ring (bicyclic) bond motifs is 5. The fourth-order valence-corrected chi connectivity index (χ4v) is 8.95. The van der Waals surface area contributed by atoms with Crippen LogP contribution in [-0.4, -0.2) is 62.0 Å². The number of allylic oxidation sites excluding steroid dienone is 2. The molecule has 8 nitrogen and oxygen atoms in total. The van der Waals surface area contributed by atoms with Crippen molar-refractivity contribution in [2.75, 3.05) is 34.1 Å². The van der Waals surface area contributed by atoms with E-state index in [0.717, 1.165) is 38.4 Å². The molecule has 1 saturated heterocycles. The molecule has 0 amide bonds. The first-order chi connectivity index (χ1) is 16.7. The Kier molecular flexibility index (Phi) is 6.47. The number of carbonyl (C=O) groups excluding carboxylic acids is 1. The molecule has 35 heavy (non-hydrogen) atoms. The minimum Gasteiger partial charge on any atom is -0.515 e. The van der Waals surface area contributed by atoms with Crippen LogP contribution in [0.2, 0.25) is 0 Å². The Morgan fingerprint density at radius 2 is 2.06 bits per heavy atom. The standard InChI is InChI=1S/C27H40O8/c1-24-10-17(12-28)21(30)9-18(24)5-6-19-20-7-8-26(3,27(34-14-29)13-32-16-35-27)25(20,2)11-22(23(19)24)33-15-31-4/h9,12,19-20,22-23,28-29H,5-8,10-11,13-16H2,1-4H3/b17-12-/t19?,20?,22?,23?,24?,25?,26-,27?/m0/s1. The highest BCUT2D eigenvalue weighted by molar-refractivity contribution is 6.05. The average Bonchev–Trinajstić information content (AvgIpc) is 3.42. The van der Waals surface area contributed by atoms with Crippen molar-refractivity contribution in [1.29, 1.82) is 0 Å². The highest BCUT2D eigenvalue weighted by Crippen LogP contribution is 2.73. The summed E-state index contributed by atoms with van der Waals surface area (Å²) in [6.07, 6.45) is 7.75. The maximum Gasteiger partial charge on any atom is 0.202 e. The Bertz CT molecular complexity index is 907. The van der Waals surface area contributed by atoms with Crippen molar-refractivity contribution in [3.63, 3.8) is 0 Å². The molecule has 0 spiro atoms. The van der Waals surface area contributed by atoms with E-state index in [-0.39, 0.29) is 47.6 Å². The van der Waals surface area contributed by atoms with Gasteiger partial charge in [-0.3, -0.25) is 4.79 Å². The Labute approximate surface area is 207 Å². The molecule has 0 aromatic rings. The van der Waals surface area contributed by atoms with E-state index in [2.05, 4.69) is 20.8 Å². The van der Waals surface area contributed by atoms with Crippen LogP contribution in [0.3, 0.4) is 0 Å². The van der Waals surface area contributed by atoms with Gasteiger partial charge in [-0.1, -0.05) is 26.3 Å². The molecule has 0 bridgehead atoms. The molecule has 1 heterocycles. The Morgan fingerprint density at radius 3 is 2.71 bits per heavy atom. The highest BCUT2D eigenvalue weighted by atomic mass is 16.8. The van der Waals surface area contributed by atoms with Gasteiger partial charge in [-0.25, -0.2) is 0 Å². The molecule has 0 aromatic heterocycles. The third-order valence-corrected chi connectivity index (χ3v) is 10.8. The fraction of sp³-hybridized carbons (Fsp3) is 0.815. The summed E-state index contributed by atoms with van der Waals surface area (Å²) in [5.74, 6) is -0.112. The molecule has 4 fully saturated rings. The second kappa shape index (κ2) is 8.92. The van der Waals surface area contributed by atoms with Gasteiger partial charge in [0, 0.05) is 18.1 Å². The summed E-state index contributed by atoms with van der Waals surface area (Å²) in [4.78, 5) is 12.6. The smallest absolute Gasteiger partial charge is 0.202 e. The minimum absolute atomic E-state index is 0.0802. The summed E-state index contributed by atoms with van der Waals surface area (Å²) < 4.78 is 29.6. The lowest BCUT2D eigenvalue weighted by atomic mass is 9.43. The number of hydrogen-bond donors (Lipinski definition) is 2. The molecule has 8 heteroatoms. The van der Waals surface area contributed by atoms with Crippen LogP contribution in [0.5, 0.6) is 0 Å². The normalized spacial score (nSPS) is 48.4. The van der Waals surface area contributed by atoms with Gasteiger partial charge in [0.25, 0.3) is 0 Å². The van der Waals surface area contributed by atoms with Gasteiger partial charge in [-0.15, -0.1) is 0 Å². The Hall–Kier alpha value is -1.29. The van der Waals surface area contributed by atoms with Crippen molar-refractivity contribution in [3.05, 3.63) is 23.5 Å². The van der Waals surface area contributed by atoms with E-state index >= 15 is 0 Å². The van der Waals surface area contributed by atoms with Crippen LogP contribution in [0.1, 0.15) is 59.3 Å². The van der Waals surface area contributed by atoms with Crippen LogP contribution in [0.15, 0.2) is 23.5 Å². The van der Waals surface area contributed by atoms with Crippen LogP contribution in [0, 0.1) is 34.0 Å². The maximum atomic E-state index is 12.6. The number of aliphatic hydroxyl groups is 2. The first-order valence-electron chi connectivity index (χ1n) is 12.9. The summed E-state index contributed by atoms with van der Waals surface area (Å²) in [7, 11) is 1.64. The van der Waals surface area contributed by atoms with Crippen molar-refractivity contribution < 1.29 is 38.7 Å². The first kappa shape index (κ1) is 25.4. The number of methoxy groups -OCH3 is 1. The monoisotopic (exact) mass is 492 g/mol. The molecule has 5 rings (SSSR count). The molecule has 0 radical (unpaired) electrons. The van der Waals surface area contributed by atoms with Gasteiger partial charge in [-0.05, 0) is 73.2 Å². The quantitative estimate of drug-likeness (QED) is 0.327. The largest absolute Gasteiger partial charge is 0.515 e. The zero-order chi connectivity index (χ0) is 25.1. The molecule has 1 aliphatic heterocycles. The van der Waals surface area contributed by atoms with Crippen molar-refractivity contribution in [1.82, 2.24) is 0 Å². The lowest BCUT2D eigenvalue weighted by Crippen LogP contribution is -2.63. The summed E-state index contributed by atoms with van der Waals surface area (Å²) in [5.41, 5.74) is 0.805. The summed E-state index contributed by atoms with van der Waals surface area (Å²) in [6, 6.07) is 0. The lowest BCUT2D eigenvalue weighted by molar-refractivity contribution is -0.321. The first-order valence-corrected chi connectivity index (χ1v) is 12.9. The van der Waals surface area contributed by atoms with Gasteiger partial charge >= 0.3 is 0 Å². The van der Waals surface area contributed by atoms with Crippen LogP contribution < -0.4 is 0 Å².